The van der Waals surface area contributed by atoms with Gasteiger partial charge in [-0.25, -0.2) is 4.68 Å². The lowest BCUT2D eigenvalue weighted by Gasteiger charge is -2.06. The molecule has 2 rings (SSSR count). The molecule has 1 aromatic heterocycles. The Kier molecular flexibility index (Phi) is 4.26. The van der Waals surface area contributed by atoms with Crippen LogP contribution in [0, 0.1) is 3.57 Å². The van der Waals surface area contributed by atoms with E-state index in [-0.39, 0.29) is 12.5 Å². The van der Waals surface area contributed by atoms with E-state index in [2.05, 4.69) is 38.2 Å². The number of nitrogens with one attached hydrogen (secondary N) is 1. The number of para-hydroxylation sites is 1. The second-order valence-electron chi connectivity index (χ2n) is 3.64. The monoisotopic (exact) mass is 357 g/mol. The Bertz CT molecular complexity index is 554. The maximum absolute atomic E-state index is 11.8. The van der Waals surface area contributed by atoms with Gasteiger partial charge in [-0.15, -0.1) is 5.10 Å². The van der Waals surface area contributed by atoms with Crippen LogP contribution in [0.5, 0.6) is 0 Å². The van der Waals surface area contributed by atoms with Crippen LogP contribution in [0.3, 0.4) is 0 Å². The highest BCUT2D eigenvalue weighted by atomic mass is 127. The van der Waals surface area contributed by atoms with E-state index in [4.69, 9.17) is 5.73 Å². The van der Waals surface area contributed by atoms with Gasteiger partial charge in [0.05, 0.1) is 17.6 Å². The first kappa shape index (κ1) is 13.0. The number of carbonyl (C=O) groups is 1. The van der Waals surface area contributed by atoms with Gasteiger partial charge in [0.2, 0.25) is 5.91 Å². The number of hydrogen-bond donors (Lipinski definition) is 2. The van der Waals surface area contributed by atoms with Gasteiger partial charge >= 0.3 is 0 Å². The summed E-state index contributed by atoms with van der Waals surface area (Å²) in [6, 6.07) is 7.58. The van der Waals surface area contributed by atoms with Gasteiger partial charge in [-0.3, -0.25) is 4.79 Å². The predicted molar refractivity (Wildman–Crippen MR) is 75.7 cm³/mol. The van der Waals surface area contributed by atoms with Crippen LogP contribution in [0.1, 0.15) is 5.69 Å². The van der Waals surface area contributed by atoms with Gasteiger partial charge in [0.25, 0.3) is 0 Å². The van der Waals surface area contributed by atoms with Crippen molar-refractivity contribution >= 4 is 34.2 Å². The molecule has 0 radical (unpaired) electrons. The van der Waals surface area contributed by atoms with Crippen LogP contribution >= 0.6 is 22.6 Å². The molecule has 18 heavy (non-hydrogen) atoms. The van der Waals surface area contributed by atoms with E-state index in [1.165, 1.54) is 4.68 Å². The Morgan fingerprint density at radius 2 is 2.22 bits per heavy atom. The molecular formula is C11H12IN5O. The summed E-state index contributed by atoms with van der Waals surface area (Å²) in [7, 11) is 0. The smallest absolute Gasteiger partial charge is 0.246 e. The minimum Gasteiger partial charge on any atom is -0.325 e. The standard InChI is InChI=1S/C11H12IN5O/c12-9-3-1-2-4-10(9)14-11(18)7-17-6-8(5-13)15-16-17/h1-4,6H,5,7,13H2,(H,14,18). The van der Waals surface area contributed by atoms with Crippen LogP contribution in [0.4, 0.5) is 5.69 Å². The van der Waals surface area contributed by atoms with Gasteiger partial charge in [0.1, 0.15) is 6.54 Å². The van der Waals surface area contributed by atoms with Crippen molar-refractivity contribution < 1.29 is 4.79 Å². The molecule has 0 saturated carbocycles. The van der Waals surface area contributed by atoms with E-state index < -0.39 is 0 Å². The molecule has 0 saturated heterocycles. The number of hydrogen-bond acceptors (Lipinski definition) is 4. The first-order chi connectivity index (χ1) is 8.69. The number of aromatic nitrogens is 3. The molecule has 0 bridgehead atoms. The molecule has 1 aromatic carbocycles. The Labute approximate surface area is 118 Å². The Morgan fingerprint density at radius 3 is 2.89 bits per heavy atom. The predicted octanol–water partition coefficient (Wildman–Crippen LogP) is 0.980. The average Bonchev–Trinajstić information content (AvgIpc) is 2.80. The molecule has 0 fully saturated rings. The van der Waals surface area contributed by atoms with E-state index in [1.54, 1.807) is 6.20 Å². The molecule has 6 nitrogen and oxygen atoms in total. The summed E-state index contributed by atoms with van der Waals surface area (Å²) in [4.78, 5) is 11.8. The van der Waals surface area contributed by atoms with E-state index in [0.29, 0.717) is 12.2 Å². The third-order valence-electron chi connectivity index (χ3n) is 2.25. The second kappa shape index (κ2) is 5.91. The fourth-order valence-corrected chi connectivity index (χ4v) is 1.93. The van der Waals surface area contributed by atoms with Crippen molar-refractivity contribution in [1.82, 2.24) is 15.0 Å². The third kappa shape index (κ3) is 3.26. The summed E-state index contributed by atoms with van der Waals surface area (Å²) in [5.74, 6) is -0.146. The molecule has 0 aliphatic rings. The molecule has 0 unspecified atom stereocenters. The van der Waals surface area contributed by atoms with Crippen molar-refractivity contribution in [1.29, 1.82) is 0 Å². The third-order valence-corrected chi connectivity index (χ3v) is 3.19. The normalized spacial score (nSPS) is 10.3. The van der Waals surface area contributed by atoms with Gasteiger partial charge in [-0.05, 0) is 34.7 Å². The first-order valence-electron chi connectivity index (χ1n) is 5.32. The molecule has 1 heterocycles. The Balaban J connectivity index is 1.99. The molecule has 7 heteroatoms. The van der Waals surface area contributed by atoms with Gasteiger partial charge in [0, 0.05) is 10.1 Å². The number of nitrogens with two attached hydrogens (primary N) is 1. The number of rotatable bonds is 4. The highest BCUT2D eigenvalue weighted by Crippen LogP contribution is 2.16. The summed E-state index contributed by atoms with van der Waals surface area (Å²) in [5.41, 5.74) is 6.88. The van der Waals surface area contributed by atoms with Crippen molar-refractivity contribution in [3.63, 3.8) is 0 Å². The summed E-state index contributed by atoms with van der Waals surface area (Å²) >= 11 is 2.17. The van der Waals surface area contributed by atoms with E-state index >= 15 is 0 Å². The van der Waals surface area contributed by atoms with Crippen molar-refractivity contribution in [2.75, 3.05) is 5.32 Å². The van der Waals surface area contributed by atoms with Gasteiger partial charge in [-0.2, -0.15) is 0 Å². The Morgan fingerprint density at radius 1 is 1.44 bits per heavy atom. The maximum atomic E-state index is 11.8. The lowest BCUT2D eigenvalue weighted by atomic mass is 10.3. The Hall–Kier alpha value is -1.48. The van der Waals surface area contributed by atoms with Crippen LogP contribution in [0.2, 0.25) is 0 Å². The lowest BCUT2D eigenvalue weighted by Crippen LogP contribution is -2.19. The summed E-state index contributed by atoms with van der Waals surface area (Å²) < 4.78 is 2.46. The van der Waals surface area contributed by atoms with E-state index in [1.807, 2.05) is 24.3 Å². The van der Waals surface area contributed by atoms with Gasteiger partial charge < -0.3 is 11.1 Å². The summed E-state index contributed by atoms with van der Waals surface area (Å²) in [5, 5.41) is 10.5. The van der Waals surface area contributed by atoms with Crippen LogP contribution < -0.4 is 11.1 Å². The lowest BCUT2D eigenvalue weighted by molar-refractivity contribution is -0.116. The largest absolute Gasteiger partial charge is 0.325 e. The van der Waals surface area contributed by atoms with Crippen molar-refractivity contribution in [2.24, 2.45) is 5.73 Å². The van der Waals surface area contributed by atoms with E-state index in [0.717, 1.165) is 9.26 Å². The molecule has 0 aliphatic heterocycles. The van der Waals surface area contributed by atoms with Gasteiger partial charge in [-0.1, -0.05) is 17.3 Å². The first-order valence-corrected chi connectivity index (χ1v) is 6.40. The minimum atomic E-state index is -0.146. The second-order valence-corrected chi connectivity index (χ2v) is 4.80. The molecule has 94 valence electrons. The SMILES string of the molecule is NCc1cn(CC(=O)Nc2ccccc2I)nn1. The molecule has 0 spiro atoms. The van der Waals surface area contributed by atoms with Crippen molar-refractivity contribution in [3.8, 4) is 0 Å². The zero-order valence-electron chi connectivity index (χ0n) is 9.51. The van der Waals surface area contributed by atoms with Crippen LogP contribution in [0.25, 0.3) is 0 Å². The van der Waals surface area contributed by atoms with Crippen LogP contribution in [0.15, 0.2) is 30.5 Å². The quantitative estimate of drug-likeness (QED) is 0.799. The fourth-order valence-electron chi connectivity index (χ4n) is 1.41. The van der Waals surface area contributed by atoms with Crippen molar-refractivity contribution in [2.45, 2.75) is 13.1 Å². The fraction of sp³-hybridized carbons (Fsp3) is 0.182. The van der Waals surface area contributed by atoms with Crippen LogP contribution in [-0.2, 0) is 17.9 Å². The maximum Gasteiger partial charge on any atom is 0.246 e. The van der Waals surface area contributed by atoms with Gasteiger partial charge in [0.15, 0.2) is 0 Å². The number of amides is 1. The number of benzene rings is 1. The highest BCUT2D eigenvalue weighted by molar-refractivity contribution is 14.1. The zero-order chi connectivity index (χ0) is 13.0. The molecule has 3 N–H and O–H groups in total. The topological polar surface area (TPSA) is 85.8 Å². The molecular weight excluding hydrogens is 345 g/mol. The molecule has 2 aromatic rings. The summed E-state index contributed by atoms with van der Waals surface area (Å²) in [6.45, 7) is 0.441. The van der Waals surface area contributed by atoms with Crippen LogP contribution in [-0.4, -0.2) is 20.9 Å². The van der Waals surface area contributed by atoms with E-state index in [9.17, 15) is 4.79 Å². The zero-order valence-corrected chi connectivity index (χ0v) is 11.7. The molecule has 1 amide bonds. The number of halogens is 1. The average molecular weight is 357 g/mol. The number of anilines is 1. The van der Waals surface area contributed by atoms with Crippen molar-refractivity contribution in [3.05, 3.63) is 39.7 Å². The number of nitrogens with zero attached hydrogens (tertiary/aromatic N) is 3. The minimum absolute atomic E-state index is 0.123. The molecule has 0 atom stereocenters. The molecule has 0 aliphatic carbocycles. The summed E-state index contributed by atoms with van der Waals surface area (Å²) in [6.07, 6.45) is 1.66. The highest BCUT2D eigenvalue weighted by Gasteiger charge is 2.07. The number of carbonyl (C=O) groups excluding carboxylic acids is 1.